The zero-order valence-electron chi connectivity index (χ0n) is 7.57. The number of aromatic nitrogens is 1. The Labute approximate surface area is 76.7 Å². The van der Waals surface area contributed by atoms with Gasteiger partial charge in [0.05, 0.1) is 11.6 Å². The minimum absolute atomic E-state index is 0.102. The smallest absolute Gasteiger partial charge is 0.0823 e. The standard InChI is InChI=1S/C8H14N2OS/c1-8(2,11-3)7(9)6-4-5-10-12-6/h4-5,7H,9H2,1-3H3. The average molecular weight is 186 g/mol. The minimum atomic E-state index is -0.327. The summed E-state index contributed by atoms with van der Waals surface area (Å²) in [6, 6.07) is 1.82. The van der Waals surface area contributed by atoms with Crippen LogP contribution in [0.2, 0.25) is 0 Å². The molecule has 1 heterocycles. The van der Waals surface area contributed by atoms with Gasteiger partial charge in [-0.1, -0.05) is 0 Å². The third-order valence-corrected chi connectivity index (χ3v) is 2.87. The summed E-state index contributed by atoms with van der Waals surface area (Å²) in [7, 11) is 1.67. The summed E-state index contributed by atoms with van der Waals surface area (Å²) in [6.07, 6.45) is 1.76. The summed E-state index contributed by atoms with van der Waals surface area (Å²) >= 11 is 1.42. The lowest BCUT2D eigenvalue weighted by Crippen LogP contribution is -2.36. The van der Waals surface area contributed by atoms with Crippen molar-refractivity contribution in [1.29, 1.82) is 0 Å². The van der Waals surface area contributed by atoms with Gasteiger partial charge < -0.3 is 10.5 Å². The Balaban J connectivity index is 2.78. The summed E-state index contributed by atoms with van der Waals surface area (Å²) < 4.78 is 9.27. The minimum Gasteiger partial charge on any atom is -0.377 e. The highest BCUT2D eigenvalue weighted by Crippen LogP contribution is 2.27. The lowest BCUT2D eigenvalue weighted by Gasteiger charge is -2.28. The lowest BCUT2D eigenvalue weighted by molar-refractivity contribution is 0.000859. The average Bonchev–Trinajstić information content (AvgIpc) is 2.55. The second kappa shape index (κ2) is 3.51. The van der Waals surface area contributed by atoms with Gasteiger partial charge in [0.2, 0.25) is 0 Å². The number of hydrogen-bond acceptors (Lipinski definition) is 4. The first-order valence-electron chi connectivity index (χ1n) is 3.79. The predicted octanol–water partition coefficient (Wildman–Crippen LogP) is 1.57. The number of hydrogen-bond donors (Lipinski definition) is 1. The van der Waals surface area contributed by atoms with Gasteiger partial charge in [-0.3, -0.25) is 0 Å². The van der Waals surface area contributed by atoms with Crippen molar-refractivity contribution in [2.45, 2.75) is 25.5 Å². The quantitative estimate of drug-likeness (QED) is 0.779. The summed E-state index contributed by atoms with van der Waals surface area (Å²) in [6.45, 7) is 3.94. The number of ether oxygens (including phenoxy) is 1. The van der Waals surface area contributed by atoms with Crippen molar-refractivity contribution >= 4 is 11.5 Å². The van der Waals surface area contributed by atoms with E-state index in [0.29, 0.717) is 0 Å². The fourth-order valence-corrected chi connectivity index (χ4v) is 1.62. The molecule has 1 aromatic rings. The van der Waals surface area contributed by atoms with E-state index in [9.17, 15) is 0 Å². The van der Waals surface area contributed by atoms with Crippen LogP contribution in [0.1, 0.15) is 24.8 Å². The van der Waals surface area contributed by atoms with Crippen LogP contribution in [0.3, 0.4) is 0 Å². The molecule has 0 bridgehead atoms. The Bertz CT molecular complexity index is 233. The van der Waals surface area contributed by atoms with Crippen molar-refractivity contribution in [2.24, 2.45) is 5.73 Å². The molecule has 0 aromatic carbocycles. The van der Waals surface area contributed by atoms with Crippen LogP contribution >= 0.6 is 11.5 Å². The van der Waals surface area contributed by atoms with Crippen LogP contribution in [0, 0.1) is 0 Å². The fourth-order valence-electron chi connectivity index (χ4n) is 0.856. The van der Waals surface area contributed by atoms with Crippen molar-refractivity contribution in [2.75, 3.05) is 7.11 Å². The van der Waals surface area contributed by atoms with E-state index >= 15 is 0 Å². The molecule has 0 saturated heterocycles. The van der Waals surface area contributed by atoms with Gasteiger partial charge in [0.15, 0.2) is 0 Å². The molecule has 3 nitrogen and oxygen atoms in total. The summed E-state index contributed by atoms with van der Waals surface area (Å²) in [5.41, 5.74) is 5.65. The molecule has 0 saturated carbocycles. The van der Waals surface area contributed by atoms with Crippen LogP contribution in [0.15, 0.2) is 12.3 Å². The largest absolute Gasteiger partial charge is 0.377 e. The molecule has 0 radical (unpaired) electrons. The van der Waals surface area contributed by atoms with E-state index in [1.54, 1.807) is 13.3 Å². The Morgan fingerprint density at radius 1 is 1.67 bits per heavy atom. The molecule has 68 valence electrons. The van der Waals surface area contributed by atoms with Crippen LogP contribution in [0.4, 0.5) is 0 Å². The molecule has 0 aliphatic rings. The first-order chi connectivity index (χ1) is 5.58. The maximum Gasteiger partial charge on any atom is 0.0823 e. The van der Waals surface area contributed by atoms with Crippen molar-refractivity contribution in [3.05, 3.63) is 17.1 Å². The molecule has 12 heavy (non-hydrogen) atoms. The van der Waals surface area contributed by atoms with Crippen LogP contribution < -0.4 is 5.73 Å². The number of nitrogens with zero attached hydrogens (tertiary/aromatic N) is 1. The highest BCUT2D eigenvalue weighted by Gasteiger charge is 2.28. The van der Waals surface area contributed by atoms with Gasteiger partial charge in [-0.2, -0.15) is 0 Å². The third kappa shape index (κ3) is 1.83. The molecule has 1 unspecified atom stereocenters. The van der Waals surface area contributed by atoms with Gasteiger partial charge in [-0.25, -0.2) is 4.37 Å². The molecule has 4 heteroatoms. The van der Waals surface area contributed by atoms with E-state index in [4.69, 9.17) is 10.5 Å². The van der Waals surface area contributed by atoms with Crippen molar-refractivity contribution in [3.8, 4) is 0 Å². The highest BCUT2D eigenvalue weighted by atomic mass is 32.1. The molecular formula is C8H14N2OS. The predicted molar refractivity (Wildman–Crippen MR) is 50.1 cm³/mol. The molecule has 1 atom stereocenters. The first-order valence-corrected chi connectivity index (χ1v) is 4.56. The highest BCUT2D eigenvalue weighted by molar-refractivity contribution is 7.05. The molecule has 2 N–H and O–H groups in total. The van der Waals surface area contributed by atoms with E-state index in [0.717, 1.165) is 4.88 Å². The molecule has 0 spiro atoms. The Hall–Kier alpha value is -0.450. The maximum absolute atomic E-state index is 5.97. The lowest BCUT2D eigenvalue weighted by atomic mass is 9.98. The molecule has 0 fully saturated rings. The van der Waals surface area contributed by atoms with E-state index in [1.165, 1.54) is 11.5 Å². The normalized spacial score (nSPS) is 14.7. The van der Waals surface area contributed by atoms with Crippen LogP contribution in [-0.2, 0) is 4.74 Å². The molecule has 0 aliphatic carbocycles. The van der Waals surface area contributed by atoms with E-state index in [1.807, 2.05) is 19.9 Å². The Morgan fingerprint density at radius 3 is 2.75 bits per heavy atom. The monoisotopic (exact) mass is 186 g/mol. The fraction of sp³-hybridized carbons (Fsp3) is 0.625. The zero-order chi connectivity index (χ0) is 9.19. The van der Waals surface area contributed by atoms with E-state index in [-0.39, 0.29) is 11.6 Å². The van der Waals surface area contributed by atoms with E-state index in [2.05, 4.69) is 4.37 Å². The van der Waals surface area contributed by atoms with Crippen molar-refractivity contribution in [3.63, 3.8) is 0 Å². The number of rotatable bonds is 3. The van der Waals surface area contributed by atoms with Gasteiger partial charge >= 0.3 is 0 Å². The van der Waals surface area contributed by atoms with Crippen LogP contribution in [-0.4, -0.2) is 17.1 Å². The summed E-state index contributed by atoms with van der Waals surface area (Å²) in [5, 5.41) is 0. The van der Waals surface area contributed by atoms with Gasteiger partial charge in [-0.05, 0) is 31.4 Å². The van der Waals surface area contributed by atoms with Gasteiger partial charge in [-0.15, -0.1) is 0 Å². The van der Waals surface area contributed by atoms with Crippen LogP contribution in [0.5, 0.6) is 0 Å². The Morgan fingerprint density at radius 2 is 2.33 bits per heavy atom. The molecular weight excluding hydrogens is 172 g/mol. The summed E-state index contributed by atoms with van der Waals surface area (Å²) in [4.78, 5) is 1.06. The van der Waals surface area contributed by atoms with Gasteiger partial charge in [0, 0.05) is 18.2 Å². The zero-order valence-corrected chi connectivity index (χ0v) is 8.39. The SMILES string of the molecule is COC(C)(C)C(N)c1ccns1. The Kier molecular flexibility index (Phi) is 2.82. The first kappa shape index (κ1) is 9.64. The van der Waals surface area contributed by atoms with E-state index < -0.39 is 0 Å². The molecule has 1 rings (SSSR count). The van der Waals surface area contributed by atoms with Gasteiger partial charge in [0.1, 0.15) is 0 Å². The number of methoxy groups -OCH3 is 1. The maximum atomic E-state index is 5.97. The van der Waals surface area contributed by atoms with Crippen molar-refractivity contribution < 1.29 is 4.74 Å². The summed E-state index contributed by atoms with van der Waals surface area (Å²) in [5.74, 6) is 0. The van der Waals surface area contributed by atoms with Crippen LogP contribution in [0.25, 0.3) is 0 Å². The van der Waals surface area contributed by atoms with Gasteiger partial charge in [0.25, 0.3) is 0 Å². The molecule has 0 aliphatic heterocycles. The second-order valence-corrected chi connectivity index (χ2v) is 4.06. The third-order valence-electron chi connectivity index (χ3n) is 2.04. The number of nitrogens with two attached hydrogens (primary N) is 1. The molecule has 0 amide bonds. The van der Waals surface area contributed by atoms with Crippen molar-refractivity contribution in [1.82, 2.24) is 4.37 Å². The molecule has 1 aromatic heterocycles. The topological polar surface area (TPSA) is 48.1 Å². The second-order valence-electron chi connectivity index (χ2n) is 3.20.